The maximum atomic E-state index is 12.5. The number of hydrogen-bond acceptors (Lipinski definition) is 2. The van der Waals surface area contributed by atoms with Crippen molar-refractivity contribution in [3.8, 4) is 0 Å². The van der Waals surface area contributed by atoms with Crippen molar-refractivity contribution in [1.29, 1.82) is 0 Å². The molecule has 0 amide bonds. The Hall–Kier alpha value is -1.23. The summed E-state index contributed by atoms with van der Waals surface area (Å²) in [5, 5.41) is 0.174. The minimum Gasteiger partial charge on any atom is -0.363 e. The summed E-state index contributed by atoms with van der Waals surface area (Å²) in [5.74, 6) is -0.214. The Labute approximate surface area is 115 Å². The zero-order valence-corrected chi connectivity index (χ0v) is 11.5. The zero-order valence-electron chi connectivity index (χ0n) is 10.7. The van der Waals surface area contributed by atoms with Crippen LogP contribution in [0.3, 0.4) is 0 Å². The van der Waals surface area contributed by atoms with Crippen LogP contribution in [0.4, 0.5) is 18.9 Å². The number of nitrogens with zero attached hydrogens (tertiary/aromatic N) is 1. The molecule has 2 nitrogen and oxygen atoms in total. The van der Waals surface area contributed by atoms with Gasteiger partial charge in [0, 0.05) is 17.8 Å². The topological polar surface area (TPSA) is 20.3 Å². The van der Waals surface area contributed by atoms with E-state index in [0.717, 1.165) is 0 Å². The number of Topliss-reactive ketones (excluding diaryl/α,β-unsaturated/α-hetero) is 1. The molecular formula is C13H15ClF3NO. The van der Waals surface area contributed by atoms with E-state index in [1.54, 1.807) is 6.92 Å². The molecule has 0 aliphatic rings. The van der Waals surface area contributed by atoms with Gasteiger partial charge in [-0.05, 0) is 31.5 Å². The molecule has 0 saturated carbocycles. The van der Waals surface area contributed by atoms with Gasteiger partial charge in [0.2, 0.25) is 0 Å². The third kappa shape index (κ3) is 4.74. The highest BCUT2D eigenvalue weighted by Gasteiger charge is 2.30. The van der Waals surface area contributed by atoms with Gasteiger partial charge in [0.25, 0.3) is 0 Å². The molecule has 0 heterocycles. The van der Waals surface area contributed by atoms with E-state index in [1.807, 2.05) is 0 Å². The van der Waals surface area contributed by atoms with Crippen molar-refractivity contribution < 1.29 is 18.0 Å². The molecule has 0 aromatic heterocycles. The molecule has 1 aromatic rings. The predicted octanol–water partition coefficient (Wildman–Crippen LogP) is 4.32. The van der Waals surface area contributed by atoms with Crippen LogP contribution in [-0.2, 0) is 0 Å². The number of carbonyl (C=O) groups excluding carboxylic acids is 1. The van der Waals surface area contributed by atoms with Crippen LogP contribution in [0.5, 0.6) is 0 Å². The van der Waals surface area contributed by atoms with E-state index >= 15 is 0 Å². The van der Waals surface area contributed by atoms with Crippen molar-refractivity contribution in [3.63, 3.8) is 0 Å². The van der Waals surface area contributed by atoms with Crippen LogP contribution < -0.4 is 4.90 Å². The molecular weight excluding hydrogens is 279 g/mol. The van der Waals surface area contributed by atoms with Gasteiger partial charge in [0.15, 0.2) is 5.78 Å². The fraction of sp³-hybridized carbons (Fsp3) is 0.462. The lowest BCUT2D eigenvalue weighted by Crippen LogP contribution is -2.34. The van der Waals surface area contributed by atoms with Crippen molar-refractivity contribution >= 4 is 23.1 Å². The summed E-state index contributed by atoms with van der Waals surface area (Å²) < 4.78 is 37.5. The van der Waals surface area contributed by atoms with E-state index in [-0.39, 0.29) is 17.4 Å². The summed E-state index contributed by atoms with van der Waals surface area (Å²) in [6.07, 6.45) is -3.69. The third-order valence-electron chi connectivity index (χ3n) is 2.56. The Morgan fingerprint density at radius 2 is 2.00 bits per heavy atom. The molecule has 0 spiro atoms. The van der Waals surface area contributed by atoms with Crippen molar-refractivity contribution in [2.75, 3.05) is 18.0 Å². The highest BCUT2D eigenvalue weighted by atomic mass is 35.5. The number of anilines is 1. The summed E-state index contributed by atoms with van der Waals surface area (Å²) in [5.41, 5.74) is 0.683. The molecule has 0 atom stereocenters. The maximum absolute atomic E-state index is 12.5. The molecule has 0 radical (unpaired) electrons. The summed E-state index contributed by atoms with van der Waals surface area (Å²) in [6.45, 7) is 2.40. The molecule has 0 N–H and O–H groups in total. The minimum atomic E-state index is -4.28. The van der Waals surface area contributed by atoms with Crippen LogP contribution in [0.15, 0.2) is 18.2 Å². The van der Waals surface area contributed by atoms with Crippen LogP contribution in [0.2, 0.25) is 5.02 Å². The lowest BCUT2D eigenvalue weighted by molar-refractivity contribution is -0.119. The molecule has 0 saturated heterocycles. The first-order valence-corrected chi connectivity index (χ1v) is 6.24. The summed E-state index contributed by atoms with van der Waals surface area (Å²) in [4.78, 5) is 12.4. The van der Waals surface area contributed by atoms with Crippen LogP contribution in [0.25, 0.3) is 0 Å². The maximum Gasteiger partial charge on any atom is 0.405 e. The molecule has 19 heavy (non-hydrogen) atoms. The van der Waals surface area contributed by atoms with Gasteiger partial charge in [-0.1, -0.05) is 18.5 Å². The smallest absolute Gasteiger partial charge is 0.363 e. The number of halogens is 4. The number of hydrogen-bond donors (Lipinski definition) is 0. The standard InChI is InChI=1S/C13H15ClF3NO/c1-3-6-18(8-13(15,16)17)10-4-5-11(9(2)19)12(14)7-10/h4-5,7H,3,6,8H2,1-2H3. The van der Waals surface area contributed by atoms with Crippen LogP contribution in [-0.4, -0.2) is 25.0 Å². The van der Waals surface area contributed by atoms with E-state index in [1.165, 1.54) is 30.0 Å². The van der Waals surface area contributed by atoms with E-state index in [4.69, 9.17) is 11.6 Å². The van der Waals surface area contributed by atoms with Crippen molar-refractivity contribution in [1.82, 2.24) is 0 Å². The SMILES string of the molecule is CCCN(CC(F)(F)F)c1ccc(C(C)=O)c(Cl)c1. The van der Waals surface area contributed by atoms with Crippen LogP contribution >= 0.6 is 11.6 Å². The van der Waals surface area contributed by atoms with Gasteiger partial charge >= 0.3 is 6.18 Å². The van der Waals surface area contributed by atoms with Crippen molar-refractivity contribution in [3.05, 3.63) is 28.8 Å². The Bertz CT molecular complexity index is 460. The van der Waals surface area contributed by atoms with E-state index < -0.39 is 12.7 Å². The van der Waals surface area contributed by atoms with Gasteiger partial charge < -0.3 is 4.90 Å². The molecule has 1 rings (SSSR count). The highest BCUT2D eigenvalue weighted by molar-refractivity contribution is 6.34. The Morgan fingerprint density at radius 1 is 1.37 bits per heavy atom. The fourth-order valence-electron chi connectivity index (χ4n) is 1.77. The number of rotatable bonds is 5. The Kier molecular flexibility index (Phi) is 5.23. The fourth-order valence-corrected chi connectivity index (χ4v) is 2.08. The average Bonchev–Trinajstić information content (AvgIpc) is 2.26. The van der Waals surface area contributed by atoms with Gasteiger partial charge in [-0.2, -0.15) is 13.2 Å². The first-order valence-electron chi connectivity index (χ1n) is 5.86. The normalized spacial score (nSPS) is 11.5. The molecule has 0 aliphatic heterocycles. The van der Waals surface area contributed by atoms with E-state index in [0.29, 0.717) is 17.7 Å². The minimum absolute atomic E-state index is 0.174. The average molecular weight is 294 g/mol. The number of ketones is 1. The first kappa shape index (κ1) is 15.8. The lowest BCUT2D eigenvalue weighted by atomic mass is 10.1. The number of carbonyl (C=O) groups is 1. The molecule has 6 heteroatoms. The summed E-state index contributed by atoms with van der Waals surface area (Å²) >= 11 is 5.91. The van der Waals surface area contributed by atoms with Crippen molar-refractivity contribution in [2.45, 2.75) is 26.4 Å². The monoisotopic (exact) mass is 293 g/mol. The van der Waals surface area contributed by atoms with Crippen LogP contribution in [0, 0.1) is 0 Å². The largest absolute Gasteiger partial charge is 0.405 e. The van der Waals surface area contributed by atoms with Gasteiger partial charge in [0.05, 0.1) is 5.02 Å². The van der Waals surface area contributed by atoms with E-state index in [9.17, 15) is 18.0 Å². The molecule has 0 unspecified atom stereocenters. The summed E-state index contributed by atoms with van der Waals surface area (Å²) in [7, 11) is 0. The van der Waals surface area contributed by atoms with Crippen LogP contribution in [0.1, 0.15) is 30.6 Å². The predicted molar refractivity (Wildman–Crippen MR) is 70.0 cm³/mol. The number of alkyl halides is 3. The second kappa shape index (κ2) is 6.28. The van der Waals surface area contributed by atoms with Gasteiger partial charge in [0.1, 0.15) is 6.54 Å². The quantitative estimate of drug-likeness (QED) is 0.754. The van der Waals surface area contributed by atoms with E-state index in [2.05, 4.69) is 0 Å². The van der Waals surface area contributed by atoms with Gasteiger partial charge in [-0.25, -0.2) is 0 Å². The molecule has 0 aliphatic carbocycles. The Morgan fingerprint density at radius 3 is 2.42 bits per heavy atom. The molecule has 0 bridgehead atoms. The molecule has 1 aromatic carbocycles. The second-order valence-corrected chi connectivity index (χ2v) is 4.66. The van der Waals surface area contributed by atoms with Gasteiger partial charge in [-0.3, -0.25) is 4.79 Å². The van der Waals surface area contributed by atoms with Crippen molar-refractivity contribution in [2.24, 2.45) is 0 Å². The second-order valence-electron chi connectivity index (χ2n) is 4.26. The number of benzene rings is 1. The molecule has 0 fully saturated rings. The first-order chi connectivity index (χ1) is 8.74. The third-order valence-corrected chi connectivity index (χ3v) is 2.87. The highest BCUT2D eigenvalue weighted by Crippen LogP contribution is 2.27. The zero-order chi connectivity index (χ0) is 14.6. The Balaban J connectivity index is 3.03. The lowest BCUT2D eigenvalue weighted by Gasteiger charge is -2.26. The summed E-state index contributed by atoms with van der Waals surface area (Å²) in [6, 6.07) is 4.35. The van der Waals surface area contributed by atoms with Gasteiger partial charge in [-0.15, -0.1) is 0 Å². The molecule has 106 valence electrons.